The van der Waals surface area contributed by atoms with E-state index in [1.54, 1.807) is 31.2 Å². The molecule has 6 heteroatoms. The van der Waals surface area contributed by atoms with E-state index < -0.39 is 24.5 Å². The Morgan fingerprint density at radius 1 is 1.15 bits per heavy atom. The van der Waals surface area contributed by atoms with Gasteiger partial charge in [0.25, 0.3) is 0 Å². The summed E-state index contributed by atoms with van der Waals surface area (Å²) in [4.78, 5) is 12.0. The van der Waals surface area contributed by atoms with Crippen LogP contribution >= 0.6 is 0 Å². The van der Waals surface area contributed by atoms with Gasteiger partial charge in [0.15, 0.2) is 18.0 Å². The van der Waals surface area contributed by atoms with Crippen LogP contribution in [0.1, 0.15) is 30.8 Å². The molecular weight excluding hydrogens is 264 g/mol. The van der Waals surface area contributed by atoms with Crippen LogP contribution in [0, 0.1) is 0 Å². The van der Waals surface area contributed by atoms with Crippen molar-refractivity contribution in [3.63, 3.8) is 0 Å². The van der Waals surface area contributed by atoms with Crippen LogP contribution in [-0.4, -0.2) is 18.7 Å². The van der Waals surface area contributed by atoms with Crippen LogP contribution in [0.5, 0.6) is 0 Å². The highest BCUT2D eigenvalue weighted by Crippen LogP contribution is 2.40. The number of ether oxygens (including phenoxy) is 3. The highest BCUT2D eigenvalue weighted by atomic mass is 16.8. The first-order chi connectivity index (χ1) is 9.79. The van der Waals surface area contributed by atoms with Gasteiger partial charge in [-0.15, -0.1) is 0 Å². The lowest BCUT2D eigenvalue weighted by Gasteiger charge is -2.12. The number of furan rings is 2. The second kappa shape index (κ2) is 5.52. The molecule has 0 aliphatic carbocycles. The molecule has 2 aromatic heterocycles. The quantitative estimate of drug-likeness (QED) is 0.800. The van der Waals surface area contributed by atoms with Gasteiger partial charge in [-0.05, 0) is 31.2 Å². The fourth-order valence-electron chi connectivity index (χ4n) is 2.07. The van der Waals surface area contributed by atoms with Crippen molar-refractivity contribution in [3.8, 4) is 0 Å². The highest BCUT2D eigenvalue weighted by Gasteiger charge is 2.45. The lowest BCUT2D eigenvalue weighted by molar-refractivity contribution is -0.158. The molecule has 0 unspecified atom stereocenters. The molecule has 106 valence electrons. The Morgan fingerprint density at radius 2 is 1.85 bits per heavy atom. The lowest BCUT2D eigenvalue weighted by atomic mass is 10.1. The van der Waals surface area contributed by atoms with Gasteiger partial charge in [-0.25, -0.2) is 4.79 Å². The van der Waals surface area contributed by atoms with Gasteiger partial charge in [0.05, 0.1) is 19.1 Å². The maximum absolute atomic E-state index is 12.0. The van der Waals surface area contributed by atoms with Crippen LogP contribution in [0.15, 0.2) is 45.6 Å². The molecule has 3 atom stereocenters. The van der Waals surface area contributed by atoms with Gasteiger partial charge in [-0.1, -0.05) is 0 Å². The van der Waals surface area contributed by atoms with Crippen LogP contribution in [0.3, 0.4) is 0 Å². The molecule has 3 heterocycles. The van der Waals surface area contributed by atoms with Gasteiger partial charge in [0, 0.05) is 0 Å². The minimum absolute atomic E-state index is 0.273. The summed E-state index contributed by atoms with van der Waals surface area (Å²) in [6.45, 7) is 2.01. The zero-order valence-corrected chi connectivity index (χ0v) is 10.9. The monoisotopic (exact) mass is 278 g/mol. The second-order valence-corrected chi connectivity index (χ2v) is 4.23. The Labute approximate surface area is 115 Å². The van der Waals surface area contributed by atoms with Crippen LogP contribution < -0.4 is 0 Å². The first-order valence-electron chi connectivity index (χ1n) is 6.34. The summed E-state index contributed by atoms with van der Waals surface area (Å²) in [5.74, 6) is 0.522. The van der Waals surface area contributed by atoms with E-state index in [-0.39, 0.29) is 6.61 Å². The summed E-state index contributed by atoms with van der Waals surface area (Å²) in [5.41, 5.74) is 0. The molecule has 0 bridgehead atoms. The molecule has 6 nitrogen and oxygen atoms in total. The average molecular weight is 278 g/mol. The summed E-state index contributed by atoms with van der Waals surface area (Å²) in [6, 6.07) is 6.89. The maximum atomic E-state index is 12.0. The van der Waals surface area contributed by atoms with E-state index in [0.29, 0.717) is 11.5 Å². The molecule has 1 aliphatic heterocycles. The molecule has 2 aromatic rings. The van der Waals surface area contributed by atoms with Crippen LogP contribution in [-0.2, 0) is 19.0 Å². The number of hydrogen-bond acceptors (Lipinski definition) is 6. The molecule has 1 saturated heterocycles. The summed E-state index contributed by atoms with van der Waals surface area (Å²) >= 11 is 0. The zero-order valence-electron chi connectivity index (χ0n) is 10.9. The molecule has 1 fully saturated rings. The number of carbonyl (C=O) groups excluding carboxylic acids is 1. The van der Waals surface area contributed by atoms with Crippen molar-refractivity contribution in [2.75, 3.05) is 6.61 Å². The van der Waals surface area contributed by atoms with E-state index in [0.717, 1.165) is 0 Å². The zero-order chi connectivity index (χ0) is 13.9. The summed E-state index contributed by atoms with van der Waals surface area (Å²) in [5, 5.41) is 0. The van der Waals surface area contributed by atoms with Gasteiger partial charge in [-0.2, -0.15) is 0 Å². The van der Waals surface area contributed by atoms with Crippen molar-refractivity contribution in [1.82, 2.24) is 0 Å². The topological polar surface area (TPSA) is 71.0 Å². The lowest BCUT2D eigenvalue weighted by Crippen LogP contribution is -2.27. The van der Waals surface area contributed by atoms with Crippen LogP contribution in [0.25, 0.3) is 0 Å². The minimum atomic E-state index is -0.879. The molecule has 0 aromatic carbocycles. The Kier molecular flexibility index (Phi) is 3.58. The average Bonchev–Trinajstić information content (AvgIpc) is 3.19. The number of carbonyl (C=O) groups is 1. The van der Waals surface area contributed by atoms with Crippen molar-refractivity contribution in [2.45, 2.75) is 25.4 Å². The van der Waals surface area contributed by atoms with Crippen molar-refractivity contribution >= 4 is 5.97 Å². The minimum Gasteiger partial charge on any atom is -0.466 e. The molecule has 20 heavy (non-hydrogen) atoms. The SMILES string of the molecule is CCOC(=O)[C@@H]1O[C@H](c2ccco2)O[C@H]1c1ccco1. The predicted octanol–water partition coefficient (Wildman–Crippen LogP) is 2.59. The normalized spacial score (nSPS) is 25.8. The van der Waals surface area contributed by atoms with Gasteiger partial charge in [0.1, 0.15) is 5.76 Å². The number of rotatable bonds is 4. The predicted molar refractivity (Wildman–Crippen MR) is 65.5 cm³/mol. The van der Waals surface area contributed by atoms with Gasteiger partial charge < -0.3 is 23.0 Å². The number of hydrogen-bond donors (Lipinski definition) is 0. The number of esters is 1. The molecular formula is C14H14O6. The molecule has 0 spiro atoms. The summed E-state index contributed by atoms with van der Waals surface area (Å²) in [6.07, 6.45) is 0.743. The van der Waals surface area contributed by atoms with E-state index >= 15 is 0 Å². The third-order valence-electron chi connectivity index (χ3n) is 2.93. The van der Waals surface area contributed by atoms with Crippen molar-refractivity contribution < 1.29 is 27.8 Å². The van der Waals surface area contributed by atoms with Crippen molar-refractivity contribution in [3.05, 3.63) is 48.3 Å². The van der Waals surface area contributed by atoms with Crippen molar-refractivity contribution in [2.24, 2.45) is 0 Å². The molecule has 3 rings (SSSR count). The van der Waals surface area contributed by atoms with E-state index in [1.807, 2.05) is 0 Å². The fraction of sp³-hybridized carbons (Fsp3) is 0.357. The summed E-state index contributed by atoms with van der Waals surface area (Å²) < 4.78 is 26.9. The molecule has 1 aliphatic rings. The van der Waals surface area contributed by atoms with E-state index in [2.05, 4.69) is 0 Å². The third kappa shape index (κ3) is 2.35. The first-order valence-corrected chi connectivity index (χ1v) is 6.34. The summed E-state index contributed by atoms with van der Waals surface area (Å²) in [7, 11) is 0. The third-order valence-corrected chi connectivity index (χ3v) is 2.93. The Balaban J connectivity index is 1.83. The van der Waals surface area contributed by atoms with Crippen LogP contribution in [0.4, 0.5) is 0 Å². The molecule has 0 amide bonds. The van der Waals surface area contributed by atoms with Crippen molar-refractivity contribution in [1.29, 1.82) is 0 Å². The standard InChI is InChI=1S/C14H14O6/c1-2-16-13(15)12-11(9-5-3-7-17-9)19-14(20-12)10-6-4-8-18-10/h3-8,11-12,14H,2H2,1H3/t11-,12+,14+/m0/s1. The highest BCUT2D eigenvalue weighted by molar-refractivity contribution is 5.76. The smallest absolute Gasteiger partial charge is 0.338 e. The largest absolute Gasteiger partial charge is 0.466 e. The van der Waals surface area contributed by atoms with E-state index in [9.17, 15) is 4.79 Å². The first kappa shape index (κ1) is 13.0. The van der Waals surface area contributed by atoms with Gasteiger partial charge >= 0.3 is 5.97 Å². The van der Waals surface area contributed by atoms with E-state index in [1.165, 1.54) is 12.5 Å². The second-order valence-electron chi connectivity index (χ2n) is 4.23. The Bertz CT molecular complexity index is 544. The van der Waals surface area contributed by atoms with Gasteiger partial charge in [-0.3, -0.25) is 0 Å². The maximum Gasteiger partial charge on any atom is 0.338 e. The van der Waals surface area contributed by atoms with Gasteiger partial charge in [0.2, 0.25) is 6.29 Å². The molecule has 0 saturated carbocycles. The molecule has 0 radical (unpaired) electrons. The molecule has 0 N–H and O–H groups in total. The Morgan fingerprint density at radius 3 is 2.45 bits per heavy atom. The fourth-order valence-corrected chi connectivity index (χ4v) is 2.07. The Hall–Kier alpha value is -2.05. The van der Waals surface area contributed by atoms with Crippen LogP contribution in [0.2, 0.25) is 0 Å². The van der Waals surface area contributed by atoms with E-state index in [4.69, 9.17) is 23.0 Å².